The minimum Gasteiger partial charge on any atom is -0.309 e. The lowest BCUT2D eigenvalue weighted by Gasteiger charge is -2.15. The van der Waals surface area contributed by atoms with Crippen molar-refractivity contribution in [2.24, 2.45) is 0 Å². The fourth-order valence-electron chi connectivity index (χ4n) is 1.36. The molecule has 3 heteroatoms. The van der Waals surface area contributed by atoms with Gasteiger partial charge < -0.3 is 5.32 Å². The SMILES string of the molecule is CCCNC(CC)c1cnc(C)cn1. The van der Waals surface area contributed by atoms with Crippen molar-refractivity contribution in [2.45, 2.75) is 39.7 Å². The van der Waals surface area contributed by atoms with Crippen LogP contribution in [0.25, 0.3) is 0 Å². The Balaban J connectivity index is 2.64. The molecule has 0 fully saturated rings. The molecular formula is C11H19N3. The number of aryl methyl sites for hydroxylation is 1. The average molecular weight is 193 g/mol. The van der Waals surface area contributed by atoms with Crippen LogP contribution in [-0.4, -0.2) is 16.5 Å². The van der Waals surface area contributed by atoms with Gasteiger partial charge in [-0.2, -0.15) is 0 Å². The van der Waals surface area contributed by atoms with E-state index in [1.807, 2.05) is 19.3 Å². The standard InChI is InChI=1S/C11H19N3/c1-4-6-12-10(5-2)11-8-13-9(3)7-14-11/h7-8,10,12H,4-6H2,1-3H3. The van der Waals surface area contributed by atoms with Crippen LogP contribution in [0.5, 0.6) is 0 Å². The zero-order valence-electron chi connectivity index (χ0n) is 9.25. The molecule has 1 rings (SSSR count). The topological polar surface area (TPSA) is 37.8 Å². The Bertz CT molecular complexity index is 256. The van der Waals surface area contributed by atoms with Crippen molar-refractivity contribution in [1.82, 2.24) is 15.3 Å². The lowest BCUT2D eigenvalue weighted by Crippen LogP contribution is -2.22. The van der Waals surface area contributed by atoms with Crippen LogP contribution in [0.4, 0.5) is 0 Å². The molecule has 0 aromatic carbocycles. The Morgan fingerprint density at radius 1 is 1.29 bits per heavy atom. The van der Waals surface area contributed by atoms with Gasteiger partial charge in [0, 0.05) is 6.20 Å². The van der Waals surface area contributed by atoms with Crippen LogP contribution in [0.15, 0.2) is 12.4 Å². The molecule has 78 valence electrons. The van der Waals surface area contributed by atoms with E-state index in [9.17, 15) is 0 Å². The molecular weight excluding hydrogens is 174 g/mol. The van der Waals surface area contributed by atoms with Gasteiger partial charge in [0.1, 0.15) is 0 Å². The quantitative estimate of drug-likeness (QED) is 0.779. The normalized spacial score (nSPS) is 12.8. The van der Waals surface area contributed by atoms with E-state index in [-0.39, 0.29) is 0 Å². The number of rotatable bonds is 5. The third-order valence-electron chi connectivity index (χ3n) is 2.21. The molecule has 0 aliphatic heterocycles. The predicted octanol–water partition coefficient (Wildman–Crippen LogP) is 2.24. The van der Waals surface area contributed by atoms with Crippen LogP contribution in [0.3, 0.4) is 0 Å². The van der Waals surface area contributed by atoms with E-state index < -0.39 is 0 Å². The Labute approximate surface area is 86.0 Å². The van der Waals surface area contributed by atoms with E-state index in [0.717, 1.165) is 30.8 Å². The van der Waals surface area contributed by atoms with E-state index in [1.165, 1.54) is 0 Å². The van der Waals surface area contributed by atoms with Crippen LogP contribution in [0, 0.1) is 6.92 Å². The summed E-state index contributed by atoms with van der Waals surface area (Å²) >= 11 is 0. The Morgan fingerprint density at radius 3 is 2.57 bits per heavy atom. The van der Waals surface area contributed by atoms with Crippen molar-refractivity contribution >= 4 is 0 Å². The van der Waals surface area contributed by atoms with Crippen LogP contribution in [0.1, 0.15) is 44.1 Å². The Kier molecular flexibility index (Phi) is 4.53. The highest BCUT2D eigenvalue weighted by Gasteiger charge is 2.08. The van der Waals surface area contributed by atoms with E-state index in [1.54, 1.807) is 0 Å². The van der Waals surface area contributed by atoms with E-state index >= 15 is 0 Å². The molecule has 14 heavy (non-hydrogen) atoms. The number of hydrogen-bond donors (Lipinski definition) is 1. The zero-order valence-corrected chi connectivity index (χ0v) is 9.25. The van der Waals surface area contributed by atoms with Gasteiger partial charge >= 0.3 is 0 Å². The molecule has 0 spiro atoms. The molecule has 3 nitrogen and oxygen atoms in total. The number of nitrogens with one attached hydrogen (secondary N) is 1. The maximum Gasteiger partial charge on any atom is 0.0756 e. The van der Waals surface area contributed by atoms with E-state index in [0.29, 0.717) is 6.04 Å². The zero-order chi connectivity index (χ0) is 10.4. The largest absolute Gasteiger partial charge is 0.309 e. The summed E-state index contributed by atoms with van der Waals surface area (Å²) in [5.74, 6) is 0. The first-order valence-corrected chi connectivity index (χ1v) is 5.29. The van der Waals surface area contributed by atoms with Crippen molar-refractivity contribution in [3.05, 3.63) is 23.8 Å². The van der Waals surface area contributed by atoms with Crippen LogP contribution in [-0.2, 0) is 0 Å². The van der Waals surface area contributed by atoms with Crippen LogP contribution < -0.4 is 5.32 Å². The second kappa shape index (κ2) is 5.70. The number of aromatic nitrogens is 2. The summed E-state index contributed by atoms with van der Waals surface area (Å²) in [6.07, 6.45) is 5.89. The van der Waals surface area contributed by atoms with Crippen LogP contribution in [0.2, 0.25) is 0 Å². The molecule has 1 N–H and O–H groups in total. The fraction of sp³-hybridized carbons (Fsp3) is 0.636. The molecule has 1 unspecified atom stereocenters. The Hall–Kier alpha value is -0.960. The van der Waals surface area contributed by atoms with Gasteiger partial charge in [0.25, 0.3) is 0 Å². The van der Waals surface area contributed by atoms with Crippen molar-refractivity contribution in [3.8, 4) is 0 Å². The third kappa shape index (κ3) is 3.07. The predicted molar refractivity (Wildman–Crippen MR) is 58.1 cm³/mol. The van der Waals surface area contributed by atoms with Gasteiger partial charge in [-0.25, -0.2) is 0 Å². The van der Waals surface area contributed by atoms with E-state index in [4.69, 9.17) is 0 Å². The first-order valence-electron chi connectivity index (χ1n) is 5.29. The smallest absolute Gasteiger partial charge is 0.0756 e. The Morgan fingerprint density at radius 2 is 2.07 bits per heavy atom. The maximum atomic E-state index is 4.38. The van der Waals surface area contributed by atoms with Gasteiger partial charge in [-0.3, -0.25) is 9.97 Å². The molecule has 0 aliphatic rings. The summed E-state index contributed by atoms with van der Waals surface area (Å²) in [7, 11) is 0. The number of nitrogens with zero attached hydrogens (tertiary/aromatic N) is 2. The molecule has 1 aromatic heterocycles. The molecule has 0 amide bonds. The first kappa shape index (κ1) is 11.1. The van der Waals surface area contributed by atoms with Gasteiger partial charge in [0.15, 0.2) is 0 Å². The summed E-state index contributed by atoms with van der Waals surface area (Å²) in [4.78, 5) is 8.63. The van der Waals surface area contributed by atoms with Crippen molar-refractivity contribution < 1.29 is 0 Å². The molecule has 0 saturated carbocycles. The van der Waals surface area contributed by atoms with Crippen molar-refractivity contribution in [2.75, 3.05) is 6.54 Å². The van der Waals surface area contributed by atoms with Crippen molar-refractivity contribution in [1.29, 1.82) is 0 Å². The molecule has 0 aliphatic carbocycles. The number of hydrogen-bond acceptors (Lipinski definition) is 3. The van der Waals surface area contributed by atoms with E-state index in [2.05, 4.69) is 29.1 Å². The highest BCUT2D eigenvalue weighted by atomic mass is 14.9. The van der Waals surface area contributed by atoms with Gasteiger partial charge in [-0.05, 0) is 26.3 Å². The molecule has 0 radical (unpaired) electrons. The summed E-state index contributed by atoms with van der Waals surface area (Å²) < 4.78 is 0. The second-order valence-corrected chi connectivity index (χ2v) is 3.50. The third-order valence-corrected chi connectivity index (χ3v) is 2.21. The first-order chi connectivity index (χ1) is 6.77. The fourth-order valence-corrected chi connectivity index (χ4v) is 1.36. The summed E-state index contributed by atoms with van der Waals surface area (Å²) in [6.45, 7) is 7.32. The monoisotopic (exact) mass is 193 g/mol. The van der Waals surface area contributed by atoms with Crippen LogP contribution >= 0.6 is 0 Å². The minimum atomic E-state index is 0.350. The minimum absolute atomic E-state index is 0.350. The summed E-state index contributed by atoms with van der Waals surface area (Å²) in [5, 5.41) is 3.45. The molecule has 0 saturated heterocycles. The summed E-state index contributed by atoms with van der Waals surface area (Å²) in [5.41, 5.74) is 2.02. The average Bonchev–Trinajstić information content (AvgIpc) is 2.21. The molecule has 1 aromatic rings. The second-order valence-electron chi connectivity index (χ2n) is 3.50. The maximum absolute atomic E-state index is 4.38. The lowest BCUT2D eigenvalue weighted by molar-refractivity contribution is 0.505. The van der Waals surface area contributed by atoms with Gasteiger partial charge in [0.05, 0.1) is 23.6 Å². The van der Waals surface area contributed by atoms with Gasteiger partial charge in [0.2, 0.25) is 0 Å². The molecule has 0 bridgehead atoms. The molecule has 1 heterocycles. The highest BCUT2D eigenvalue weighted by molar-refractivity contribution is 5.05. The van der Waals surface area contributed by atoms with Gasteiger partial charge in [-0.1, -0.05) is 13.8 Å². The lowest BCUT2D eigenvalue weighted by atomic mass is 10.1. The van der Waals surface area contributed by atoms with Gasteiger partial charge in [-0.15, -0.1) is 0 Å². The van der Waals surface area contributed by atoms with Crippen molar-refractivity contribution in [3.63, 3.8) is 0 Å². The summed E-state index contributed by atoms with van der Waals surface area (Å²) in [6, 6.07) is 0.350. The molecule has 1 atom stereocenters. The highest BCUT2D eigenvalue weighted by Crippen LogP contribution is 2.12.